The summed E-state index contributed by atoms with van der Waals surface area (Å²) in [5, 5.41) is 18.5. The highest BCUT2D eigenvalue weighted by Gasteiger charge is 2.29. The molecule has 8 nitrogen and oxygen atoms in total. The summed E-state index contributed by atoms with van der Waals surface area (Å²) >= 11 is 0. The number of Topliss-reactive ketones (excluding diaryl/α,β-unsaturated/α-hetero) is 2. The molecule has 0 aromatic carbocycles. The topological polar surface area (TPSA) is 143 Å². The highest BCUT2D eigenvalue weighted by Crippen LogP contribution is 2.30. The van der Waals surface area contributed by atoms with Gasteiger partial charge in [0.15, 0.2) is 23.1 Å². The molecule has 2 aliphatic carbocycles. The molecule has 0 heterocycles. The van der Waals surface area contributed by atoms with E-state index in [0.29, 0.717) is 67.2 Å². The fraction of sp³-hybridized carbons (Fsp3) is 0.517. The SMILES string of the molecule is CC(C)(CCCC1=CC(=O)C=C(CCCC2=CC(=O)C=C(CCCC(C)(C)C(=O)O)C2=O)C1=O)C(=O)O. The van der Waals surface area contributed by atoms with Crippen molar-refractivity contribution >= 4 is 35.1 Å². The number of carboxylic acids is 2. The van der Waals surface area contributed by atoms with Gasteiger partial charge in [0.25, 0.3) is 0 Å². The van der Waals surface area contributed by atoms with Crippen LogP contribution in [-0.2, 0) is 28.8 Å². The zero-order valence-corrected chi connectivity index (χ0v) is 22.0. The molecule has 200 valence electrons. The molecular weight excluding hydrogens is 476 g/mol. The minimum absolute atomic E-state index is 0.241. The van der Waals surface area contributed by atoms with E-state index in [0.717, 1.165) is 0 Å². The molecule has 0 amide bonds. The van der Waals surface area contributed by atoms with Crippen molar-refractivity contribution in [3.8, 4) is 0 Å². The smallest absolute Gasteiger partial charge is 0.309 e. The summed E-state index contributed by atoms with van der Waals surface area (Å²) in [4.78, 5) is 72.6. The van der Waals surface area contributed by atoms with E-state index in [1.165, 1.54) is 24.3 Å². The Hall–Kier alpha value is -3.42. The molecule has 0 unspecified atom stereocenters. The first-order chi connectivity index (χ1) is 17.1. The first-order valence-electron chi connectivity index (χ1n) is 12.6. The van der Waals surface area contributed by atoms with Gasteiger partial charge in [0.1, 0.15) is 0 Å². The predicted molar refractivity (Wildman–Crippen MR) is 137 cm³/mol. The Kier molecular flexibility index (Phi) is 9.84. The van der Waals surface area contributed by atoms with E-state index in [1.54, 1.807) is 27.7 Å². The summed E-state index contributed by atoms with van der Waals surface area (Å²) in [5.74, 6) is -2.90. The lowest BCUT2D eigenvalue weighted by Gasteiger charge is -2.20. The third-order valence-electron chi connectivity index (χ3n) is 6.98. The normalized spacial score (nSPS) is 16.8. The molecule has 8 heteroatoms. The quantitative estimate of drug-likeness (QED) is 0.318. The molecule has 0 fully saturated rings. The maximum Gasteiger partial charge on any atom is 0.309 e. The Morgan fingerprint density at radius 3 is 1.11 bits per heavy atom. The summed E-state index contributed by atoms with van der Waals surface area (Å²) in [5.41, 5.74) is -0.414. The molecule has 0 bridgehead atoms. The van der Waals surface area contributed by atoms with Crippen LogP contribution in [0.4, 0.5) is 0 Å². The second kappa shape index (κ2) is 12.2. The van der Waals surface area contributed by atoms with E-state index in [2.05, 4.69) is 0 Å². The van der Waals surface area contributed by atoms with Crippen molar-refractivity contribution in [1.82, 2.24) is 0 Å². The number of hydrogen-bond acceptors (Lipinski definition) is 6. The second-order valence-electron chi connectivity index (χ2n) is 11.1. The molecule has 0 saturated heterocycles. The second-order valence-corrected chi connectivity index (χ2v) is 11.1. The van der Waals surface area contributed by atoms with E-state index in [9.17, 15) is 39.0 Å². The van der Waals surface area contributed by atoms with Crippen LogP contribution in [0.15, 0.2) is 46.6 Å². The molecule has 37 heavy (non-hydrogen) atoms. The van der Waals surface area contributed by atoms with Crippen molar-refractivity contribution in [2.75, 3.05) is 0 Å². The first-order valence-corrected chi connectivity index (χ1v) is 12.6. The third-order valence-corrected chi connectivity index (χ3v) is 6.98. The molecular formula is C29H36O8. The predicted octanol–water partition coefficient (Wildman–Crippen LogP) is 4.73. The number of carbonyl (C=O) groups is 6. The average molecular weight is 513 g/mol. The summed E-state index contributed by atoms with van der Waals surface area (Å²) in [7, 11) is 0. The molecule has 2 aliphatic rings. The highest BCUT2D eigenvalue weighted by molar-refractivity contribution is 6.21. The minimum atomic E-state index is -0.918. The summed E-state index contributed by atoms with van der Waals surface area (Å²) < 4.78 is 0. The van der Waals surface area contributed by atoms with Crippen molar-refractivity contribution in [1.29, 1.82) is 0 Å². The largest absolute Gasteiger partial charge is 0.481 e. The van der Waals surface area contributed by atoms with E-state index >= 15 is 0 Å². The number of aliphatic carboxylic acids is 2. The Morgan fingerprint density at radius 2 is 0.838 bits per heavy atom. The number of ketones is 4. The number of rotatable bonds is 14. The van der Waals surface area contributed by atoms with Crippen molar-refractivity contribution in [3.63, 3.8) is 0 Å². The third kappa shape index (κ3) is 8.30. The Morgan fingerprint density at radius 1 is 0.568 bits per heavy atom. The van der Waals surface area contributed by atoms with Crippen LogP contribution in [0.2, 0.25) is 0 Å². The summed E-state index contributed by atoms with van der Waals surface area (Å²) in [6.45, 7) is 6.47. The van der Waals surface area contributed by atoms with Gasteiger partial charge in [-0.25, -0.2) is 0 Å². The van der Waals surface area contributed by atoms with E-state index < -0.39 is 22.8 Å². The van der Waals surface area contributed by atoms with Crippen LogP contribution in [0, 0.1) is 10.8 Å². The maximum absolute atomic E-state index is 12.9. The zero-order valence-electron chi connectivity index (χ0n) is 22.0. The van der Waals surface area contributed by atoms with Gasteiger partial charge >= 0.3 is 11.9 Å². The highest BCUT2D eigenvalue weighted by atomic mass is 16.4. The number of allylic oxidation sites excluding steroid dienone is 8. The van der Waals surface area contributed by atoms with Gasteiger partial charge in [-0.1, -0.05) is 0 Å². The van der Waals surface area contributed by atoms with Gasteiger partial charge in [-0.2, -0.15) is 0 Å². The van der Waals surface area contributed by atoms with Crippen molar-refractivity contribution in [2.45, 2.75) is 85.5 Å². The number of hydrogen-bond donors (Lipinski definition) is 2. The van der Waals surface area contributed by atoms with Crippen LogP contribution in [0.5, 0.6) is 0 Å². The number of carbonyl (C=O) groups excluding carboxylic acids is 4. The van der Waals surface area contributed by atoms with E-state index in [4.69, 9.17) is 0 Å². The van der Waals surface area contributed by atoms with Crippen LogP contribution in [0.25, 0.3) is 0 Å². The standard InChI is InChI=1S/C29H36O8/c1-28(2,26(34)35)12-6-10-20-16-22(30)14-18(24(20)32)8-5-9-19-15-23(31)17-21(25(19)33)11-7-13-29(3,4)27(36)37/h14-17H,5-13H2,1-4H3,(H,34,35)(H,36,37). The lowest BCUT2D eigenvalue weighted by molar-refractivity contribution is -0.148. The number of carboxylic acid groups (broad SMARTS) is 2. The van der Waals surface area contributed by atoms with Crippen LogP contribution < -0.4 is 0 Å². The maximum atomic E-state index is 12.9. The van der Waals surface area contributed by atoms with Gasteiger partial charge < -0.3 is 10.2 Å². The van der Waals surface area contributed by atoms with E-state index in [1.807, 2.05) is 0 Å². The molecule has 0 atom stereocenters. The van der Waals surface area contributed by atoms with Gasteiger partial charge in [0, 0.05) is 22.3 Å². The summed E-state index contributed by atoms with van der Waals surface area (Å²) in [6.07, 6.45) is 8.40. The van der Waals surface area contributed by atoms with Crippen LogP contribution >= 0.6 is 0 Å². The molecule has 0 radical (unpaired) electrons. The van der Waals surface area contributed by atoms with Crippen LogP contribution in [-0.4, -0.2) is 45.3 Å². The fourth-order valence-electron chi connectivity index (χ4n) is 4.31. The van der Waals surface area contributed by atoms with Crippen molar-refractivity contribution < 1.29 is 39.0 Å². The Balaban J connectivity index is 1.90. The van der Waals surface area contributed by atoms with Crippen LogP contribution in [0.3, 0.4) is 0 Å². The first kappa shape index (κ1) is 29.8. The van der Waals surface area contributed by atoms with E-state index in [-0.39, 0.29) is 36.0 Å². The van der Waals surface area contributed by atoms with Crippen molar-refractivity contribution in [2.24, 2.45) is 10.8 Å². The van der Waals surface area contributed by atoms with Gasteiger partial charge in [-0.15, -0.1) is 0 Å². The molecule has 0 aromatic heterocycles. The molecule has 2 N–H and O–H groups in total. The molecule has 0 aliphatic heterocycles. The molecule has 0 aromatic rings. The zero-order chi connectivity index (χ0) is 28.0. The Bertz CT molecular complexity index is 1040. The molecule has 2 rings (SSSR count). The Labute approximate surface area is 217 Å². The monoisotopic (exact) mass is 512 g/mol. The van der Waals surface area contributed by atoms with Crippen molar-refractivity contribution in [3.05, 3.63) is 46.6 Å². The molecule has 0 saturated carbocycles. The average Bonchev–Trinajstić information content (AvgIpc) is 2.78. The minimum Gasteiger partial charge on any atom is -0.481 e. The lowest BCUT2D eigenvalue weighted by atomic mass is 9.83. The van der Waals surface area contributed by atoms with Gasteiger partial charge in [-0.3, -0.25) is 28.8 Å². The molecule has 0 spiro atoms. The van der Waals surface area contributed by atoms with Gasteiger partial charge in [0.05, 0.1) is 10.8 Å². The van der Waals surface area contributed by atoms with Gasteiger partial charge in [0.2, 0.25) is 0 Å². The van der Waals surface area contributed by atoms with Gasteiger partial charge in [-0.05, 0) is 110 Å². The van der Waals surface area contributed by atoms with Crippen LogP contribution in [0.1, 0.15) is 85.5 Å². The lowest BCUT2D eigenvalue weighted by Crippen LogP contribution is -2.23. The fourth-order valence-corrected chi connectivity index (χ4v) is 4.31. The summed E-state index contributed by atoms with van der Waals surface area (Å²) in [6, 6.07) is 0.